The van der Waals surface area contributed by atoms with Gasteiger partial charge in [-0.2, -0.15) is 0 Å². The molecule has 0 bridgehead atoms. The molecule has 4 N–H and O–H groups in total. The van der Waals surface area contributed by atoms with Crippen LogP contribution in [0.15, 0.2) is 0 Å². The molecular formula is C12H26N4O. The molecule has 0 aromatic carbocycles. The molecule has 0 heterocycles. The van der Waals surface area contributed by atoms with Gasteiger partial charge in [-0.15, -0.1) is 0 Å². The van der Waals surface area contributed by atoms with E-state index in [-0.39, 0.29) is 11.8 Å². The molecule has 1 aliphatic carbocycles. The third-order valence-electron chi connectivity index (χ3n) is 3.44. The van der Waals surface area contributed by atoms with Crippen molar-refractivity contribution in [2.24, 2.45) is 17.4 Å². The number of nitrogens with two attached hydrogens (primary N) is 2. The van der Waals surface area contributed by atoms with Crippen LogP contribution in [0.5, 0.6) is 0 Å². The molecule has 1 fully saturated rings. The van der Waals surface area contributed by atoms with Crippen LogP contribution >= 0.6 is 0 Å². The molecule has 0 aromatic heterocycles. The van der Waals surface area contributed by atoms with Gasteiger partial charge in [-0.3, -0.25) is 4.79 Å². The summed E-state index contributed by atoms with van der Waals surface area (Å²) < 4.78 is 0. The van der Waals surface area contributed by atoms with E-state index in [1.165, 1.54) is 0 Å². The first-order valence-corrected chi connectivity index (χ1v) is 6.28. The Bertz CT molecular complexity index is 265. The lowest BCUT2D eigenvalue weighted by molar-refractivity contribution is -0.124. The minimum atomic E-state index is -0.827. The first-order chi connectivity index (χ1) is 7.86. The number of carbonyl (C=O) groups excluding carboxylic acids is 1. The van der Waals surface area contributed by atoms with Crippen molar-refractivity contribution in [1.82, 2.24) is 9.80 Å². The summed E-state index contributed by atoms with van der Waals surface area (Å²) >= 11 is 0. The van der Waals surface area contributed by atoms with Gasteiger partial charge in [0.15, 0.2) is 0 Å². The van der Waals surface area contributed by atoms with Gasteiger partial charge in [0.1, 0.15) is 5.54 Å². The van der Waals surface area contributed by atoms with Crippen molar-refractivity contribution in [2.45, 2.75) is 24.8 Å². The van der Waals surface area contributed by atoms with Gasteiger partial charge in [-0.05, 0) is 59.4 Å². The highest BCUT2D eigenvalue weighted by atomic mass is 16.1. The highest BCUT2D eigenvalue weighted by Crippen LogP contribution is 2.38. The summed E-state index contributed by atoms with van der Waals surface area (Å²) in [5.74, 6) is -0.0734. The largest absolute Gasteiger partial charge is 0.368 e. The smallest absolute Gasteiger partial charge is 0.239 e. The number of carbonyl (C=O) groups is 1. The van der Waals surface area contributed by atoms with E-state index in [1.54, 1.807) is 0 Å². The third kappa shape index (κ3) is 4.26. The SMILES string of the molecule is CN(C)CCCN(C)CC(N)(C(N)=O)C1CC1. The predicted molar refractivity (Wildman–Crippen MR) is 69.5 cm³/mol. The van der Waals surface area contributed by atoms with Crippen molar-refractivity contribution in [3.63, 3.8) is 0 Å². The maximum Gasteiger partial charge on any atom is 0.239 e. The van der Waals surface area contributed by atoms with E-state index >= 15 is 0 Å². The zero-order valence-electron chi connectivity index (χ0n) is 11.3. The van der Waals surface area contributed by atoms with Gasteiger partial charge in [0.05, 0.1) is 0 Å². The van der Waals surface area contributed by atoms with Crippen LogP contribution in [0.25, 0.3) is 0 Å². The third-order valence-corrected chi connectivity index (χ3v) is 3.44. The Morgan fingerprint density at radius 3 is 2.29 bits per heavy atom. The summed E-state index contributed by atoms with van der Waals surface area (Å²) in [4.78, 5) is 15.8. The van der Waals surface area contributed by atoms with Gasteiger partial charge in [-0.25, -0.2) is 0 Å². The van der Waals surface area contributed by atoms with Crippen LogP contribution in [0, 0.1) is 5.92 Å². The molecule has 1 unspecified atom stereocenters. The Morgan fingerprint density at radius 1 is 1.29 bits per heavy atom. The second kappa shape index (κ2) is 5.80. The average Bonchev–Trinajstić information content (AvgIpc) is 2.99. The van der Waals surface area contributed by atoms with Crippen molar-refractivity contribution in [2.75, 3.05) is 40.8 Å². The fourth-order valence-electron chi connectivity index (χ4n) is 2.19. The standard InChI is InChI=1S/C12H26N4O/c1-15(2)7-4-8-16(3)9-12(14,11(13)17)10-5-6-10/h10H,4-9,14H2,1-3H3,(H2,13,17). The zero-order valence-corrected chi connectivity index (χ0v) is 11.3. The molecule has 100 valence electrons. The van der Waals surface area contributed by atoms with E-state index in [9.17, 15) is 4.79 Å². The number of amides is 1. The molecule has 1 aliphatic rings. The van der Waals surface area contributed by atoms with Gasteiger partial charge in [0.2, 0.25) is 5.91 Å². The van der Waals surface area contributed by atoms with Crippen molar-refractivity contribution >= 4 is 5.91 Å². The van der Waals surface area contributed by atoms with Crippen LogP contribution in [0.4, 0.5) is 0 Å². The van der Waals surface area contributed by atoms with Crippen LogP contribution < -0.4 is 11.5 Å². The Kier molecular flexibility index (Phi) is 4.91. The summed E-state index contributed by atoms with van der Waals surface area (Å²) in [5.41, 5.74) is 10.8. The fraction of sp³-hybridized carbons (Fsp3) is 0.917. The topological polar surface area (TPSA) is 75.6 Å². The number of hydrogen-bond acceptors (Lipinski definition) is 4. The number of primary amides is 1. The number of rotatable bonds is 8. The maximum atomic E-state index is 11.5. The van der Waals surface area contributed by atoms with Crippen LogP contribution in [-0.2, 0) is 4.79 Å². The van der Waals surface area contributed by atoms with Crippen LogP contribution in [0.1, 0.15) is 19.3 Å². The minimum Gasteiger partial charge on any atom is -0.368 e. The molecule has 0 aliphatic heterocycles. The Labute approximate surface area is 104 Å². The second-order valence-electron chi connectivity index (χ2n) is 5.57. The number of likely N-dealkylation sites (N-methyl/N-ethyl adjacent to an activating group) is 1. The van der Waals surface area contributed by atoms with Crippen LogP contribution in [0.3, 0.4) is 0 Å². The van der Waals surface area contributed by atoms with Crippen molar-refractivity contribution in [3.05, 3.63) is 0 Å². The summed E-state index contributed by atoms with van der Waals surface area (Å²) in [5, 5.41) is 0. The highest BCUT2D eigenvalue weighted by molar-refractivity contribution is 5.85. The zero-order chi connectivity index (χ0) is 13.1. The van der Waals surface area contributed by atoms with Crippen molar-refractivity contribution in [1.29, 1.82) is 0 Å². The summed E-state index contributed by atoms with van der Waals surface area (Å²) in [6.45, 7) is 2.56. The Hall–Kier alpha value is -0.650. The second-order valence-corrected chi connectivity index (χ2v) is 5.57. The van der Waals surface area contributed by atoms with Gasteiger partial charge >= 0.3 is 0 Å². The predicted octanol–water partition coefficient (Wildman–Crippen LogP) is -0.537. The number of hydrogen-bond donors (Lipinski definition) is 2. The molecule has 0 aromatic rings. The average molecular weight is 242 g/mol. The number of nitrogens with zero attached hydrogens (tertiary/aromatic N) is 2. The summed E-state index contributed by atoms with van der Waals surface area (Å²) in [6, 6.07) is 0. The normalized spacial score (nSPS) is 19.6. The molecular weight excluding hydrogens is 216 g/mol. The maximum absolute atomic E-state index is 11.5. The van der Waals surface area contributed by atoms with E-state index in [0.29, 0.717) is 6.54 Å². The Balaban J connectivity index is 2.37. The molecule has 1 amide bonds. The van der Waals surface area contributed by atoms with E-state index in [0.717, 1.165) is 32.4 Å². The summed E-state index contributed by atoms with van der Waals surface area (Å²) in [7, 11) is 6.12. The molecule has 17 heavy (non-hydrogen) atoms. The lowest BCUT2D eigenvalue weighted by Crippen LogP contribution is -2.60. The molecule has 0 spiro atoms. The molecule has 5 nitrogen and oxygen atoms in total. The van der Waals surface area contributed by atoms with E-state index < -0.39 is 5.54 Å². The molecule has 1 rings (SSSR count). The van der Waals surface area contributed by atoms with Crippen LogP contribution in [-0.4, -0.2) is 62.0 Å². The van der Waals surface area contributed by atoms with E-state index in [4.69, 9.17) is 11.5 Å². The fourth-order valence-corrected chi connectivity index (χ4v) is 2.19. The van der Waals surface area contributed by atoms with Gasteiger partial charge in [0, 0.05) is 6.54 Å². The van der Waals surface area contributed by atoms with Gasteiger partial charge in [-0.1, -0.05) is 0 Å². The monoisotopic (exact) mass is 242 g/mol. The van der Waals surface area contributed by atoms with Gasteiger partial charge in [0.25, 0.3) is 0 Å². The lowest BCUT2D eigenvalue weighted by atomic mass is 9.93. The molecule has 0 saturated heterocycles. The van der Waals surface area contributed by atoms with Crippen LogP contribution in [0.2, 0.25) is 0 Å². The molecule has 5 heteroatoms. The Morgan fingerprint density at radius 2 is 1.88 bits per heavy atom. The summed E-state index contributed by atoms with van der Waals surface area (Å²) in [6.07, 6.45) is 3.14. The first-order valence-electron chi connectivity index (χ1n) is 6.28. The highest BCUT2D eigenvalue weighted by Gasteiger charge is 2.47. The quantitative estimate of drug-likeness (QED) is 0.599. The van der Waals surface area contributed by atoms with Crippen molar-refractivity contribution < 1.29 is 4.79 Å². The molecule has 1 saturated carbocycles. The molecule has 0 radical (unpaired) electrons. The van der Waals surface area contributed by atoms with E-state index in [2.05, 4.69) is 23.9 Å². The van der Waals surface area contributed by atoms with Crippen molar-refractivity contribution in [3.8, 4) is 0 Å². The minimum absolute atomic E-state index is 0.288. The van der Waals surface area contributed by atoms with Gasteiger partial charge < -0.3 is 21.3 Å². The van der Waals surface area contributed by atoms with E-state index in [1.807, 2.05) is 7.05 Å². The molecule has 1 atom stereocenters. The first kappa shape index (κ1) is 14.4. The lowest BCUT2D eigenvalue weighted by Gasteiger charge is -2.31.